The topological polar surface area (TPSA) is 62.4 Å². The Morgan fingerprint density at radius 3 is 2.23 bits per heavy atom. The van der Waals surface area contributed by atoms with Gasteiger partial charge in [0.15, 0.2) is 11.7 Å². The molecule has 3 N–H and O–H groups in total. The molecule has 0 heterocycles. The predicted octanol–water partition coefficient (Wildman–Crippen LogP) is 3.97. The summed E-state index contributed by atoms with van der Waals surface area (Å²) in [5.74, 6) is 0.306. The number of halogens is 1. The lowest BCUT2D eigenvalue weighted by molar-refractivity contribution is -0.123. The zero-order valence-corrected chi connectivity index (χ0v) is 16.8. The number of hydrogen-bond acceptors (Lipinski definition) is 3. The van der Waals surface area contributed by atoms with E-state index < -0.39 is 0 Å². The normalized spacial score (nSPS) is 10.2. The second kappa shape index (κ2) is 8.87. The van der Waals surface area contributed by atoms with Crippen LogP contribution < -0.4 is 20.9 Å². The largest absolute Gasteiger partial charge is 0.484 e. The molecule has 2 rings (SSSR count). The Hall–Kier alpha value is -2.31. The monoisotopic (exact) mass is 391 g/mol. The summed E-state index contributed by atoms with van der Waals surface area (Å²) in [7, 11) is 0. The number of aryl methyl sites for hydroxylation is 4. The van der Waals surface area contributed by atoms with Gasteiger partial charge in [0, 0.05) is 0 Å². The third kappa shape index (κ3) is 5.89. The Bertz CT molecular complexity index is 796. The average molecular weight is 392 g/mol. The fourth-order valence-electron chi connectivity index (χ4n) is 2.55. The number of nitrogens with one attached hydrogen (secondary N) is 3. The summed E-state index contributed by atoms with van der Waals surface area (Å²) in [6.45, 7) is 7.73. The van der Waals surface area contributed by atoms with Crippen molar-refractivity contribution in [2.45, 2.75) is 27.7 Å². The molecule has 0 radical (unpaired) electrons. The molecule has 0 unspecified atom stereocenters. The number of amides is 1. The molecule has 0 atom stereocenters. The standard InChI is InChI=1S/C19H22ClN3O2S/c1-11-5-12(2)8-15(7-11)25-10-17(24)22-23-19(26)21-18-14(4)6-13(3)9-16(18)20/h5-9H,10H2,1-4H3,(H,22,24)(H2,21,23,26). The predicted molar refractivity (Wildman–Crippen MR) is 110 cm³/mol. The van der Waals surface area contributed by atoms with Gasteiger partial charge in [0.25, 0.3) is 5.91 Å². The quantitative estimate of drug-likeness (QED) is 0.543. The van der Waals surface area contributed by atoms with Crippen molar-refractivity contribution in [1.82, 2.24) is 10.9 Å². The molecule has 0 saturated heterocycles. The van der Waals surface area contributed by atoms with Gasteiger partial charge >= 0.3 is 0 Å². The van der Waals surface area contributed by atoms with Gasteiger partial charge in [-0.2, -0.15) is 0 Å². The zero-order chi connectivity index (χ0) is 19.3. The van der Waals surface area contributed by atoms with Gasteiger partial charge in [-0.25, -0.2) is 0 Å². The fourth-order valence-corrected chi connectivity index (χ4v) is 3.07. The van der Waals surface area contributed by atoms with Crippen molar-refractivity contribution >= 4 is 40.5 Å². The fraction of sp³-hybridized carbons (Fsp3) is 0.263. The highest BCUT2D eigenvalue weighted by Crippen LogP contribution is 2.27. The molecule has 0 aliphatic heterocycles. The highest BCUT2D eigenvalue weighted by molar-refractivity contribution is 7.80. The van der Waals surface area contributed by atoms with Gasteiger partial charge in [0.2, 0.25) is 0 Å². The first kappa shape index (κ1) is 20.0. The minimum atomic E-state index is -0.347. The molecular weight excluding hydrogens is 370 g/mol. The lowest BCUT2D eigenvalue weighted by Crippen LogP contribution is -2.45. The molecule has 1 amide bonds. The number of hydrogen-bond donors (Lipinski definition) is 3. The van der Waals surface area contributed by atoms with E-state index >= 15 is 0 Å². The molecule has 2 aromatic rings. The van der Waals surface area contributed by atoms with Gasteiger partial charge in [0.1, 0.15) is 5.75 Å². The van der Waals surface area contributed by atoms with Crippen molar-refractivity contribution in [3.05, 3.63) is 57.6 Å². The summed E-state index contributed by atoms with van der Waals surface area (Å²) in [6.07, 6.45) is 0. The molecule has 0 saturated carbocycles. The lowest BCUT2D eigenvalue weighted by atomic mass is 10.1. The summed E-state index contributed by atoms with van der Waals surface area (Å²) >= 11 is 11.4. The summed E-state index contributed by atoms with van der Waals surface area (Å²) in [6, 6.07) is 9.63. The maximum Gasteiger partial charge on any atom is 0.276 e. The van der Waals surface area contributed by atoms with Crippen molar-refractivity contribution in [3.8, 4) is 5.75 Å². The molecule has 0 aromatic heterocycles. The van der Waals surface area contributed by atoms with Gasteiger partial charge in [-0.05, 0) is 80.4 Å². The molecule has 2 aromatic carbocycles. The van der Waals surface area contributed by atoms with Crippen LogP contribution in [0, 0.1) is 27.7 Å². The molecule has 0 aliphatic carbocycles. The summed E-state index contributed by atoms with van der Waals surface area (Å²) in [5, 5.41) is 3.78. The van der Waals surface area contributed by atoms with Crippen LogP contribution in [0.3, 0.4) is 0 Å². The number of rotatable bonds is 4. The minimum Gasteiger partial charge on any atom is -0.484 e. The summed E-state index contributed by atoms with van der Waals surface area (Å²) in [5.41, 5.74) is 10.0. The molecule has 0 spiro atoms. The smallest absolute Gasteiger partial charge is 0.276 e. The molecule has 138 valence electrons. The van der Waals surface area contributed by atoms with Crippen molar-refractivity contribution in [2.24, 2.45) is 0 Å². The van der Waals surface area contributed by atoms with E-state index in [0.29, 0.717) is 16.5 Å². The Balaban J connectivity index is 1.82. The Labute approximate surface area is 164 Å². The second-order valence-electron chi connectivity index (χ2n) is 6.18. The highest BCUT2D eigenvalue weighted by Gasteiger charge is 2.09. The van der Waals surface area contributed by atoms with Crippen LogP contribution in [-0.2, 0) is 4.79 Å². The molecule has 26 heavy (non-hydrogen) atoms. The maximum atomic E-state index is 11.9. The molecular formula is C19H22ClN3O2S. The van der Waals surface area contributed by atoms with E-state index in [9.17, 15) is 4.79 Å². The number of ether oxygens (including phenoxy) is 1. The average Bonchev–Trinajstić information content (AvgIpc) is 2.53. The van der Waals surface area contributed by atoms with Crippen LogP contribution in [0.1, 0.15) is 22.3 Å². The first-order chi connectivity index (χ1) is 12.2. The van der Waals surface area contributed by atoms with Crippen LogP contribution in [0.25, 0.3) is 0 Å². The van der Waals surface area contributed by atoms with Gasteiger partial charge in [-0.3, -0.25) is 15.6 Å². The van der Waals surface area contributed by atoms with E-state index in [0.717, 1.165) is 22.3 Å². The molecule has 0 bridgehead atoms. The number of hydrazine groups is 1. The number of carbonyl (C=O) groups is 1. The molecule has 7 heteroatoms. The second-order valence-corrected chi connectivity index (χ2v) is 6.99. The van der Waals surface area contributed by atoms with Gasteiger partial charge < -0.3 is 10.1 Å². The van der Waals surface area contributed by atoms with Crippen LogP contribution in [0.5, 0.6) is 5.75 Å². The SMILES string of the molecule is Cc1cc(C)cc(OCC(=O)NNC(=S)Nc2c(C)cc(C)cc2Cl)c1. The van der Waals surface area contributed by atoms with E-state index in [1.54, 1.807) is 0 Å². The third-order valence-electron chi connectivity index (χ3n) is 3.55. The number of anilines is 1. The van der Waals surface area contributed by atoms with E-state index in [1.807, 2.05) is 58.0 Å². The lowest BCUT2D eigenvalue weighted by Gasteiger charge is -2.15. The van der Waals surface area contributed by atoms with Crippen LogP contribution in [0.15, 0.2) is 30.3 Å². The Kier molecular flexibility index (Phi) is 6.83. The van der Waals surface area contributed by atoms with Crippen LogP contribution in [0.4, 0.5) is 5.69 Å². The van der Waals surface area contributed by atoms with Crippen LogP contribution >= 0.6 is 23.8 Å². The molecule has 0 aliphatic rings. The van der Waals surface area contributed by atoms with E-state index in [4.69, 9.17) is 28.6 Å². The Morgan fingerprint density at radius 2 is 1.62 bits per heavy atom. The minimum absolute atomic E-state index is 0.122. The summed E-state index contributed by atoms with van der Waals surface area (Å²) < 4.78 is 5.49. The first-order valence-electron chi connectivity index (χ1n) is 8.08. The van der Waals surface area contributed by atoms with E-state index in [1.165, 1.54) is 0 Å². The highest BCUT2D eigenvalue weighted by atomic mass is 35.5. The molecule has 5 nitrogen and oxygen atoms in total. The van der Waals surface area contributed by atoms with Crippen molar-refractivity contribution in [3.63, 3.8) is 0 Å². The number of benzene rings is 2. The first-order valence-corrected chi connectivity index (χ1v) is 8.87. The van der Waals surface area contributed by atoms with Crippen molar-refractivity contribution in [1.29, 1.82) is 0 Å². The van der Waals surface area contributed by atoms with Crippen LogP contribution in [0.2, 0.25) is 5.02 Å². The zero-order valence-electron chi connectivity index (χ0n) is 15.2. The number of carbonyl (C=O) groups excluding carboxylic acids is 1. The third-order valence-corrected chi connectivity index (χ3v) is 4.05. The number of thiocarbonyl (C=S) groups is 1. The van der Waals surface area contributed by atoms with E-state index in [2.05, 4.69) is 16.2 Å². The van der Waals surface area contributed by atoms with Crippen molar-refractivity contribution in [2.75, 3.05) is 11.9 Å². The Morgan fingerprint density at radius 1 is 1.00 bits per heavy atom. The van der Waals surface area contributed by atoms with Crippen LogP contribution in [-0.4, -0.2) is 17.6 Å². The summed E-state index contributed by atoms with van der Waals surface area (Å²) in [4.78, 5) is 11.9. The molecule has 0 fully saturated rings. The van der Waals surface area contributed by atoms with Gasteiger partial charge in [-0.15, -0.1) is 0 Å². The van der Waals surface area contributed by atoms with Gasteiger partial charge in [0.05, 0.1) is 10.7 Å². The van der Waals surface area contributed by atoms with Crippen molar-refractivity contribution < 1.29 is 9.53 Å². The van der Waals surface area contributed by atoms with E-state index in [-0.39, 0.29) is 17.6 Å². The maximum absolute atomic E-state index is 11.9. The van der Waals surface area contributed by atoms with Gasteiger partial charge in [-0.1, -0.05) is 23.7 Å².